The highest BCUT2D eigenvalue weighted by molar-refractivity contribution is 7.11. The number of rotatable bonds is 5. The molecule has 0 amide bonds. The van der Waals surface area contributed by atoms with Crippen LogP contribution in [0.3, 0.4) is 0 Å². The van der Waals surface area contributed by atoms with Crippen LogP contribution >= 0.6 is 23.7 Å². The van der Waals surface area contributed by atoms with Gasteiger partial charge in [-0.1, -0.05) is 6.92 Å². The Kier molecular flexibility index (Phi) is 6.31. The Balaban J connectivity index is 0.00000180. The van der Waals surface area contributed by atoms with Crippen LogP contribution in [-0.4, -0.2) is 30.6 Å². The first kappa shape index (κ1) is 17.0. The summed E-state index contributed by atoms with van der Waals surface area (Å²) in [5.41, 5.74) is 0.455. The van der Waals surface area contributed by atoms with Crippen molar-refractivity contribution >= 4 is 23.7 Å². The number of halogens is 1. The molecule has 1 aliphatic heterocycles. The van der Waals surface area contributed by atoms with E-state index >= 15 is 0 Å². The second kappa shape index (κ2) is 7.07. The normalized spacial score (nSPS) is 23.1. The minimum atomic E-state index is 0. The van der Waals surface area contributed by atoms with Crippen LogP contribution in [0.2, 0.25) is 0 Å². The molecule has 19 heavy (non-hydrogen) atoms. The summed E-state index contributed by atoms with van der Waals surface area (Å²) in [6.07, 6.45) is 1.31. The number of hydrogen-bond acceptors (Lipinski definition) is 3. The minimum absolute atomic E-state index is 0. The fourth-order valence-electron chi connectivity index (χ4n) is 2.69. The van der Waals surface area contributed by atoms with Crippen molar-refractivity contribution < 1.29 is 0 Å². The van der Waals surface area contributed by atoms with E-state index in [1.165, 1.54) is 35.8 Å². The van der Waals surface area contributed by atoms with Gasteiger partial charge in [0.2, 0.25) is 0 Å². The molecule has 1 aliphatic rings. The molecule has 0 aromatic carbocycles. The van der Waals surface area contributed by atoms with E-state index < -0.39 is 0 Å². The highest BCUT2D eigenvalue weighted by Crippen LogP contribution is 2.28. The Morgan fingerprint density at radius 3 is 2.63 bits per heavy atom. The Morgan fingerprint density at radius 2 is 2.16 bits per heavy atom. The Hall–Kier alpha value is -0.0900. The van der Waals surface area contributed by atoms with E-state index in [0.717, 1.165) is 6.54 Å². The summed E-state index contributed by atoms with van der Waals surface area (Å²) in [5.74, 6) is 0. The van der Waals surface area contributed by atoms with Crippen molar-refractivity contribution in [2.24, 2.45) is 5.41 Å². The molecule has 1 unspecified atom stereocenters. The van der Waals surface area contributed by atoms with Gasteiger partial charge in [-0.25, -0.2) is 0 Å². The van der Waals surface area contributed by atoms with Crippen LogP contribution < -0.4 is 5.32 Å². The van der Waals surface area contributed by atoms with Crippen molar-refractivity contribution in [1.29, 1.82) is 0 Å². The molecule has 1 N–H and O–H groups in total. The zero-order valence-electron chi connectivity index (χ0n) is 12.5. The summed E-state index contributed by atoms with van der Waals surface area (Å²) in [5, 5.41) is 3.50. The minimum Gasteiger partial charge on any atom is -0.316 e. The van der Waals surface area contributed by atoms with E-state index in [9.17, 15) is 0 Å². The quantitative estimate of drug-likeness (QED) is 0.892. The van der Waals surface area contributed by atoms with E-state index in [4.69, 9.17) is 0 Å². The number of nitrogens with one attached hydrogen (secondary N) is 1. The molecule has 2 heterocycles. The number of aryl methyl sites for hydroxylation is 1. The lowest BCUT2D eigenvalue weighted by Gasteiger charge is -2.34. The van der Waals surface area contributed by atoms with Crippen LogP contribution in [-0.2, 0) is 6.54 Å². The second-order valence-corrected chi connectivity index (χ2v) is 7.62. The molecule has 2 nitrogen and oxygen atoms in total. The molecule has 1 aromatic rings. The molecular weight excluding hydrogens is 276 g/mol. The average molecular weight is 303 g/mol. The number of hydrogen-bond donors (Lipinski definition) is 1. The maximum Gasteiger partial charge on any atom is 0.0330 e. The molecular formula is C15H27ClN2S. The lowest BCUT2D eigenvalue weighted by atomic mass is 9.89. The summed E-state index contributed by atoms with van der Waals surface area (Å²) in [6, 6.07) is 5.13. The van der Waals surface area contributed by atoms with Crippen LogP contribution in [0.1, 0.15) is 36.9 Å². The zero-order chi connectivity index (χ0) is 13.2. The largest absolute Gasteiger partial charge is 0.316 e. The molecule has 0 radical (unpaired) electrons. The third-order valence-electron chi connectivity index (χ3n) is 3.93. The highest BCUT2D eigenvalue weighted by atomic mass is 35.5. The van der Waals surface area contributed by atoms with Gasteiger partial charge in [0.05, 0.1) is 0 Å². The van der Waals surface area contributed by atoms with E-state index in [2.05, 4.69) is 50.0 Å². The average Bonchev–Trinajstić information content (AvgIpc) is 2.87. The van der Waals surface area contributed by atoms with Crippen LogP contribution in [0.15, 0.2) is 12.1 Å². The SMILES string of the molecule is Cc1ccc(CN(CC2(C)CCNC2)C(C)C)s1.Cl. The molecule has 2 rings (SSSR count). The van der Waals surface area contributed by atoms with Gasteiger partial charge in [0.25, 0.3) is 0 Å². The van der Waals surface area contributed by atoms with Gasteiger partial charge in [-0.2, -0.15) is 0 Å². The fraction of sp³-hybridized carbons (Fsp3) is 0.733. The van der Waals surface area contributed by atoms with Crippen molar-refractivity contribution in [1.82, 2.24) is 10.2 Å². The van der Waals surface area contributed by atoms with Crippen molar-refractivity contribution in [3.8, 4) is 0 Å². The van der Waals surface area contributed by atoms with Crippen molar-refractivity contribution in [2.75, 3.05) is 19.6 Å². The van der Waals surface area contributed by atoms with Gasteiger partial charge in [0.1, 0.15) is 0 Å². The summed E-state index contributed by atoms with van der Waals surface area (Å²) >= 11 is 1.93. The zero-order valence-corrected chi connectivity index (χ0v) is 14.2. The molecule has 0 aliphatic carbocycles. The van der Waals surface area contributed by atoms with Gasteiger partial charge < -0.3 is 5.32 Å². The topological polar surface area (TPSA) is 15.3 Å². The van der Waals surface area contributed by atoms with Gasteiger partial charge in [0, 0.05) is 35.4 Å². The maximum absolute atomic E-state index is 3.50. The monoisotopic (exact) mass is 302 g/mol. The molecule has 0 spiro atoms. The summed E-state index contributed by atoms with van der Waals surface area (Å²) in [6.45, 7) is 13.9. The lowest BCUT2D eigenvalue weighted by Crippen LogP contribution is -2.40. The third-order valence-corrected chi connectivity index (χ3v) is 4.91. The second-order valence-electron chi connectivity index (χ2n) is 6.25. The third kappa shape index (κ3) is 4.75. The molecule has 1 atom stereocenters. The lowest BCUT2D eigenvalue weighted by molar-refractivity contribution is 0.138. The molecule has 0 saturated carbocycles. The van der Waals surface area contributed by atoms with Gasteiger partial charge in [-0.05, 0) is 51.3 Å². The first-order valence-electron chi connectivity index (χ1n) is 6.99. The Morgan fingerprint density at radius 1 is 1.42 bits per heavy atom. The molecule has 110 valence electrons. The van der Waals surface area contributed by atoms with Crippen LogP contribution in [0.25, 0.3) is 0 Å². The van der Waals surface area contributed by atoms with Crippen molar-refractivity contribution in [2.45, 2.75) is 46.7 Å². The van der Waals surface area contributed by atoms with Gasteiger partial charge in [0.15, 0.2) is 0 Å². The molecule has 1 fully saturated rings. The smallest absolute Gasteiger partial charge is 0.0330 e. The van der Waals surface area contributed by atoms with Crippen LogP contribution in [0, 0.1) is 12.3 Å². The first-order chi connectivity index (χ1) is 8.48. The van der Waals surface area contributed by atoms with E-state index in [1.54, 1.807) is 0 Å². The van der Waals surface area contributed by atoms with Gasteiger partial charge >= 0.3 is 0 Å². The summed E-state index contributed by atoms with van der Waals surface area (Å²) < 4.78 is 0. The van der Waals surface area contributed by atoms with E-state index in [-0.39, 0.29) is 12.4 Å². The van der Waals surface area contributed by atoms with E-state index in [0.29, 0.717) is 11.5 Å². The first-order valence-corrected chi connectivity index (χ1v) is 7.80. The van der Waals surface area contributed by atoms with Crippen molar-refractivity contribution in [3.63, 3.8) is 0 Å². The standard InChI is InChI=1S/C15H26N2S.ClH/c1-12(2)17(9-14-6-5-13(3)18-14)11-15(4)7-8-16-10-15;/h5-6,12,16H,7-11H2,1-4H3;1H. The molecule has 1 saturated heterocycles. The summed E-state index contributed by atoms with van der Waals surface area (Å²) in [4.78, 5) is 5.54. The molecule has 0 bridgehead atoms. The van der Waals surface area contributed by atoms with Crippen LogP contribution in [0.4, 0.5) is 0 Å². The van der Waals surface area contributed by atoms with Crippen molar-refractivity contribution in [3.05, 3.63) is 21.9 Å². The maximum atomic E-state index is 3.50. The molecule has 4 heteroatoms. The van der Waals surface area contributed by atoms with Gasteiger partial charge in [-0.3, -0.25) is 4.90 Å². The fourth-order valence-corrected chi connectivity index (χ4v) is 3.60. The Bertz CT molecular complexity index is 383. The number of nitrogens with zero attached hydrogens (tertiary/aromatic N) is 1. The number of thiophene rings is 1. The van der Waals surface area contributed by atoms with E-state index in [1.807, 2.05) is 11.3 Å². The Labute approximate surface area is 128 Å². The van der Waals surface area contributed by atoms with Crippen LogP contribution in [0.5, 0.6) is 0 Å². The van der Waals surface area contributed by atoms with Gasteiger partial charge in [-0.15, -0.1) is 23.7 Å². The predicted octanol–water partition coefficient (Wildman–Crippen LogP) is 3.69. The molecule has 1 aromatic heterocycles. The highest BCUT2D eigenvalue weighted by Gasteiger charge is 2.31. The predicted molar refractivity (Wildman–Crippen MR) is 87.4 cm³/mol. The summed E-state index contributed by atoms with van der Waals surface area (Å²) in [7, 11) is 0.